The van der Waals surface area contributed by atoms with Gasteiger partial charge in [0, 0.05) is 26.6 Å². The van der Waals surface area contributed by atoms with Crippen molar-refractivity contribution in [1.29, 1.82) is 0 Å². The number of carbonyl (C=O) groups excluding carboxylic acids is 2. The average Bonchev–Trinajstić information content (AvgIpc) is 2.91. The largest absolute Gasteiger partial charge is 0.378 e. The number of hydrogen-bond acceptors (Lipinski definition) is 4. The van der Waals surface area contributed by atoms with Crippen LogP contribution in [-0.4, -0.2) is 69.7 Å². The number of piperidine rings is 1. The molecule has 1 spiro atoms. The molecule has 6 nitrogen and oxygen atoms in total. The van der Waals surface area contributed by atoms with Gasteiger partial charge in [0.2, 0.25) is 5.91 Å². The van der Waals surface area contributed by atoms with Gasteiger partial charge in [-0.1, -0.05) is 12.8 Å². The Labute approximate surface area is 144 Å². The lowest BCUT2D eigenvalue weighted by molar-refractivity contribution is -0.207. The number of morpholine rings is 1. The Kier molecular flexibility index (Phi) is 4.41. The summed E-state index contributed by atoms with van der Waals surface area (Å²) in [5.41, 5.74) is -2.14. The van der Waals surface area contributed by atoms with E-state index in [1.54, 1.807) is 9.80 Å². The standard InChI is InChI=1S/C18H30N2O4/c1-14(21)19-10-6-9-18(23,13-19)15(22)20-11-16(2,3)24-17(12-20)7-4-5-8-17/h23H,4-13H2,1-3H3. The van der Waals surface area contributed by atoms with E-state index in [1.807, 2.05) is 13.8 Å². The van der Waals surface area contributed by atoms with Crippen LogP contribution in [0.25, 0.3) is 0 Å². The molecule has 3 fully saturated rings. The second-order valence-electron chi connectivity index (χ2n) is 8.49. The summed E-state index contributed by atoms with van der Waals surface area (Å²) in [4.78, 5) is 28.2. The summed E-state index contributed by atoms with van der Waals surface area (Å²) < 4.78 is 6.34. The van der Waals surface area contributed by atoms with Gasteiger partial charge in [-0.15, -0.1) is 0 Å². The van der Waals surface area contributed by atoms with Crippen LogP contribution in [0, 0.1) is 0 Å². The van der Waals surface area contributed by atoms with Crippen molar-refractivity contribution in [2.45, 2.75) is 76.1 Å². The number of amides is 2. The molecular formula is C18H30N2O4. The van der Waals surface area contributed by atoms with Gasteiger partial charge in [0.15, 0.2) is 5.60 Å². The van der Waals surface area contributed by atoms with Crippen molar-refractivity contribution in [2.75, 3.05) is 26.2 Å². The number of β-amino-alcohol motifs (C(OH)–C–C–N with tert-alkyl or cyclic N) is 1. The van der Waals surface area contributed by atoms with E-state index < -0.39 is 11.2 Å². The summed E-state index contributed by atoms with van der Waals surface area (Å²) in [5.74, 6) is -0.327. The van der Waals surface area contributed by atoms with Crippen molar-refractivity contribution < 1.29 is 19.4 Å². The zero-order valence-electron chi connectivity index (χ0n) is 15.1. The molecular weight excluding hydrogens is 308 g/mol. The van der Waals surface area contributed by atoms with E-state index in [0.29, 0.717) is 32.5 Å². The van der Waals surface area contributed by atoms with Crippen LogP contribution >= 0.6 is 0 Å². The Morgan fingerprint density at radius 2 is 1.62 bits per heavy atom. The van der Waals surface area contributed by atoms with Crippen molar-refractivity contribution in [3.8, 4) is 0 Å². The SMILES string of the molecule is CC(=O)N1CCCC(O)(C(=O)N2CC(C)(C)OC3(CCCC3)C2)C1. The van der Waals surface area contributed by atoms with E-state index in [4.69, 9.17) is 4.74 Å². The highest BCUT2D eigenvalue weighted by molar-refractivity contribution is 5.86. The minimum atomic E-state index is -1.46. The van der Waals surface area contributed by atoms with E-state index in [0.717, 1.165) is 25.7 Å². The molecule has 2 aliphatic heterocycles. The molecule has 0 aromatic rings. The van der Waals surface area contributed by atoms with Crippen LogP contribution in [0.15, 0.2) is 0 Å². The minimum absolute atomic E-state index is 0.0875. The van der Waals surface area contributed by atoms with E-state index in [-0.39, 0.29) is 24.0 Å². The van der Waals surface area contributed by atoms with Gasteiger partial charge in [0.25, 0.3) is 5.91 Å². The first kappa shape index (κ1) is 17.7. The highest BCUT2D eigenvalue weighted by Crippen LogP contribution is 2.41. The van der Waals surface area contributed by atoms with Crippen LogP contribution in [-0.2, 0) is 14.3 Å². The lowest BCUT2D eigenvalue weighted by Crippen LogP contribution is -2.66. The molecule has 2 saturated heterocycles. The molecule has 1 aliphatic carbocycles. The van der Waals surface area contributed by atoms with Gasteiger partial charge >= 0.3 is 0 Å². The Morgan fingerprint density at radius 3 is 2.25 bits per heavy atom. The predicted molar refractivity (Wildman–Crippen MR) is 89.4 cm³/mol. The first-order chi connectivity index (χ1) is 11.1. The fourth-order valence-electron chi connectivity index (χ4n) is 4.71. The third-order valence-electron chi connectivity index (χ3n) is 5.66. The molecule has 0 aromatic carbocycles. The Hall–Kier alpha value is -1.14. The molecule has 2 amide bonds. The smallest absolute Gasteiger partial charge is 0.256 e. The average molecular weight is 338 g/mol. The van der Waals surface area contributed by atoms with Crippen LogP contribution in [0.5, 0.6) is 0 Å². The van der Waals surface area contributed by atoms with Gasteiger partial charge in [0.1, 0.15) is 0 Å². The Balaban J connectivity index is 1.79. The van der Waals surface area contributed by atoms with Crippen LogP contribution < -0.4 is 0 Å². The molecule has 0 radical (unpaired) electrons. The fourth-order valence-corrected chi connectivity index (χ4v) is 4.71. The summed E-state index contributed by atoms with van der Waals surface area (Å²) in [7, 11) is 0. The van der Waals surface area contributed by atoms with Crippen molar-refractivity contribution in [2.24, 2.45) is 0 Å². The molecule has 136 valence electrons. The number of ether oxygens (including phenoxy) is 1. The molecule has 1 atom stereocenters. The van der Waals surface area contributed by atoms with Crippen molar-refractivity contribution >= 4 is 11.8 Å². The van der Waals surface area contributed by atoms with Gasteiger partial charge in [0.05, 0.1) is 17.7 Å². The summed E-state index contributed by atoms with van der Waals surface area (Å²) in [5, 5.41) is 11.0. The van der Waals surface area contributed by atoms with Gasteiger partial charge < -0.3 is 19.6 Å². The topological polar surface area (TPSA) is 70.1 Å². The minimum Gasteiger partial charge on any atom is -0.378 e. The number of carbonyl (C=O) groups is 2. The molecule has 3 aliphatic rings. The Morgan fingerprint density at radius 1 is 0.958 bits per heavy atom. The van der Waals surface area contributed by atoms with E-state index in [9.17, 15) is 14.7 Å². The van der Waals surface area contributed by atoms with Gasteiger partial charge in [-0.3, -0.25) is 9.59 Å². The second kappa shape index (κ2) is 5.99. The van der Waals surface area contributed by atoms with Gasteiger partial charge in [-0.05, 0) is 39.5 Å². The van der Waals surface area contributed by atoms with Crippen molar-refractivity contribution in [3.05, 3.63) is 0 Å². The van der Waals surface area contributed by atoms with Crippen LogP contribution in [0.2, 0.25) is 0 Å². The Bertz CT molecular complexity index is 527. The third kappa shape index (κ3) is 3.31. The monoisotopic (exact) mass is 338 g/mol. The first-order valence-electron chi connectivity index (χ1n) is 9.12. The lowest BCUT2D eigenvalue weighted by Gasteiger charge is -2.51. The van der Waals surface area contributed by atoms with Gasteiger partial charge in [-0.25, -0.2) is 0 Å². The van der Waals surface area contributed by atoms with E-state index in [1.165, 1.54) is 6.92 Å². The highest BCUT2D eigenvalue weighted by atomic mass is 16.5. The van der Waals surface area contributed by atoms with E-state index >= 15 is 0 Å². The normalized spacial score (nSPS) is 32.2. The molecule has 3 rings (SSSR count). The summed E-state index contributed by atoms with van der Waals surface area (Å²) >= 11 is 0. The van der Waals surface area contributed by atoms with Crippen LogP contribution in [0.1, 0.15) is 59.3 Å². The molecule has 1 saturated carbocycles. The fraction of sp³-hybridized carbons (Fsp3) is 0.889. The van der Waals surface area contributed by atoms with Crippen LogP contribution in [0.4, 0.5) is 0 Å². The first-order valence-corrected chi connectivity index (χ1v) is 9.12. The second-order valence-corrected chi connectivity index (χ2v) is 8.49. The van der Waals surface area contributed by atoms with Crippen LogP contribution in [0.3, 0.4) is 0 Å². The number of rotatable bonds is 1. The number of likely N-dealkylation sites (tertiary alicyclic amines) is 1. The van der Waals surface area contributed by atoms with E-state index in [2.05, 4.69) is 0 Å². The maximum absolute atomic E-state index is 13.2. The maximum Gasteiger partial charge on any atom is 0.256 e. The molecule has 0 bridgehead atoms. The number of nitrogens with zero attached hydrogens (tertiary/aromatic N) is 2. The quantitative estimate of drug-likeness (QED) is 0.783. The zero-order valence-corrected chi connectivity index (χ0v) is 15.1. The number of aliphatic hydroxyl groups is 1. The molecule has 24 heavy (non-hydrogen) atoms. The third-order valence-corrected chi connectivity index (χ3v) is 5.66. The molecule has 1 N–H and O–H groups in total. The lowest BCUT2D eigenvalue weighted by atomic mass is 9.88. The van der Waals surface area contributed by atoms with Crippen molar-refractivity contribution in [3.63, 3.8) is 0 Å². The maximum atomic E-state index is 13.2. The van der Waals surface area contributed by atoms with Crippen molar-refractivity contribution in [1.82, 2.24) is 9.80 Å². The summed E-state index contributed by atoms with van der Waals surface area (Å²) in [6.07, 6.45) is 5.26. The molecule has 0 aromatic heterocycles. The molecule has 2 heterocycles. The predicted octanol–water partition coefficient (Wildman–Crippen LogP) is 1.31. The zero-order chi connectivity index (χ0) is 17.6. The highest BCUT2D eigenvalue weighted by Gasteiger charge is 2.51. The number of hydrogen-bond donors (Lipinski definition) is 1. The molecule has 1 unspecified atom stereocenters. The summed E-state index contributed by atoms with van der Waals surface area (Å²) in [6.45, 7) is 7.27. The van der Waals surface area contributed by atoms with Gasteiger partial charge in [-0.2, -0.15) is 0 Å². The molecule has 6 heteroatoms. The summed E-state index contributed by atoms with van der Waals surface area (Å²) in [6, 6.07) is 0.